The summed E-state index contributed by atoms with van der Waals surface area (Å²) in [4.78, 5) is 19.9. The van der Waals surface area contributed by atoms with E-state index in [2.05, 4.69) is 9.97 Å². The van der Waals surface area contributed by atoms with Gasteiger partial charge in [0, 0.05) is 12.4 Å². The van der Waals surface area contributed by atoms with Crippen LogP contribution in [0.1, 0.15) is 15.9 Å². The zero-order valence-electron chi connectivity index (χ0n) is 13.4. The molecule has 126 valence electrons. The third-order valence-electron chi connectivity index (χ3n) is 3.77. The van der Waals surface area contributed by atoms with Crippen molar-refractivity contribution in [1.29, 1.82) is 0 Å². The third-order valence-corrected chi connectivity index (χ3v) is 5.38. The molecular formula is C18H15N3O3S. The first-order chi connectivity index (χ1) is 11.9. The van der Waals surface area contributed by atoms with Gasteiger partial charge in [0.05, 0.1) is 5.56 Å². The van der Waals surface area contributed by atoms with Crippen LogP contribution in [-0.4, -0.2) is 24.3 Å². The van der Waals surface area contributed by atoms with Crippen molar-refractivity contribution in [2.75, 3.05) is 0 Å². The van der Waals surface area contributed by atoms with Crippen molar-refractivity contribution >= 4 is 15.7 Å². The summed E-state index contributed by atoms with van der Waals surface area (Å²) < 4.78 is 25.8. The van der Waals surface area contributed by atoms with Crippen LogP contribution in [-0.2, 0) is 9.84 Å². The van der Waals surface area contributed by atoms with E-state index in [1.165, 1.54) is 18.5 Å². The van der Waals surface area contributed by atoms with Gasteiger partial charge in [0.1, 0.15) is 0 Å². The average Bonchev–Trinajstić information content (AvgIpc) is 2.62. The van der Waals surface area contributed by atoms with Gasteiger partial charge < -0.3 is 5.73 Å². The molecule has 25 heavy (non-hydrogen) atoms. The number of hydrogen-bond donors (Lipinski definition) is 1. The Bertz CT molecular complexity index is 1050. The maximum Gasteiger partial charge on any atom is 0.252 e. The molecule has 3 rings (SSSR count). The minimum absolute atomic E-state index is 0.137. The Morgan fingerprint density at radius 2 is 1.64 bits per heavy atom. The summed E-state index contributed by atoms with van der Waals surface area (Å²) in [6, 6.07) is 13.4. The highest BCUT2D eigenvalue weighted by molar-refractivity contribution is 7.91. The third kappa shape index (κ3) is 3.01. The molecule has 2 heterocycles. The van der Waals surface area contributed by atoms with Gasteiger partial charge in [-0.2, -0.15) is 0 Å². The van der Waals surface area contributed by atoms with Crippen LogP contribution in [0.2, 0.25) is 0 Å². The summed E-state index contributed by atoms with van der Waals surface area (Å²) in [7, 11) is -4.08. The largest absolute Gasteiger partial charge is 0.365 e. The topological polar surface area (TPSA) is 103 Å². The molecule has 0 saturated carbocycles. The number of carbonyl (C=O) groups is 1. The fourth-order valence-corrected chi connectivity index (χ4v) is 3.92. The fraction of sp³-hybridized carbons (Fsp3) is 0.0556. The number of hydrogen-bond acceptors (Lipinski definition) is 5. The van der Waals surface area contributed by atoms with Crippen molar-refractivity contribution in [3.63, 3.8) is 0 Å². The molecule has 6 nitrogen and oxygen atoms in total. The highest BCUT2D eigenvalue weighted by atomic mass is 32.2. The zero-order chi connectivity index (χ0) is 18.0. The summed E-state index contributed by atoms with van der Waals surface area (Å²) >= 11 is 0. The number of nitrogens with zero attached hydrogens (tertiary/aromatic N) is 2. The number of nitrogens with two attached hydrogens (primary N) is 1. The monoisotopic (exact) mass is 353 g/mol. The number of carbonyl (C=O) groups excluding carboxylic acids is 1. The second-order valence-electron chi connectivity index (χ2n) is 5.39. The fourth-order valence-electron chi connectivity index (χ4n) is 2.59. The smallest absolute Gasteiger partial charge is 0.252 e. The summed E-state index contributed by atoms with van der Waals surface area (Å²) in [6.45, 7) is 1.87. The molecule has 0 spiro atoms. The van der Waals surface area contributed by atoms with Gasteiger partial charge in [-0.05, 0) is 41.8 Å². The highest BCUT2D eigenvalue weighted by Gasteiger charge is 2.29. The Labute approximate surface area is 145 Å². The van der Waals surface area contributed by atoms with E-state index < -0.39 is 15.7 Å². The maximum atomic E-state index is 12.9. The van der Waals surface area contributed by atoms with Crippen molar-refractivity contribution in [3.8, 4) is 11.1 Å². The summed E-state index contributed by atoms with van der Waals surface area (Å²) in [5.41, 5.74) is 7.41. The van der Waals surface area contributed by atoms with E-state index in [4.69, 9.17) is 5.73 Å². The van der Waals surface area contributed by atoms with Gasteiger partial charge in [-0.1, -0.05) is 30.3 Å². The van der Waals surface area contributed by atoms with Crippen LogP contribution in [0.15, 0.2) is 71.0 Å². The second kappa shape index (κ2) is 6.45. The standard InChI is InChI=1S/C18H15N3O3S/c1-12-6-2-3-7-13(12)14-9-11-21-18(16(14)17(19)22)25(23,24)15-8-4-5-10-20-15/h2-11H,1H3,(H2,19,22). The van der Waals surface area contributed by atoms with E-state index in [0.29, 0.717) is 5.56 Å². The molecular weight excluding hydrogens is 338 g/mol. The van der Waals surface area contributed by atoms with E-state index in [9.17, 15) is 13.2 Å². The van der Waals surface area contributed by atoms with Gasteiger partial charge in [0.15, 0.2) is 10.1 Å². The molecule has 2 aromatic heterocycles. The summed E-state index contributed by atoms with van der Waals surface area (Å²) in [5, 5.41) is -0.577. The molecule has 0 aliphatic carbocycles. The molecule has 3 aromatic rings. The first-order valence-corrected chi connectivity index (χ1v) is 8.92. The van der Waals surface area contributed by atoms with Gasteiger partial charge in [-0.25, -0.2) is 18.4 Å². The van der Waals surface area contributed by atoms with Gasteiger partial charge in [0.25, 0.3) is 5.91 Å². The van der Waals surface area contributed by atoms with E-state index in [1.54, 1.807) is 30.3 Å². The summed E-state index contributed by atoms with van der Waals surface area (Å²) in [6.07, 6.45) is 2.71. The lowest BCUT2D eigenvalue weighted by molar-refractivity contribution is 0.0997. The molecule has 0 fully saturated rings. The number of rotatable bonds is 4. The Kier molecular flexibility index (Phi) is 4.33. The number of amides is 1. The number of aryl methyl sites for hydroxylation is 1. The SMILES string of the molecule is Cc1ccccc1-c1ccnc(S(=O)(=O)c2ccccn2)c1C(N)=O. The quantitative estimate of drug-likeness (QED) is 0.776. The molecule has 0 unspecified atom stereocenters. The number of sulfone groups is 1. The predicted octanol–water partition coefficient (Wildman–Crippen LogP) is 2.38. The van der Waals surface area contributed by atoms with Crippen molar-refractivity contribution in [3.05, 3.63) is 72.1 Å². The van der Waals surface area contributed by atoms with E-state index in [-0.39, 0.29) is 15.6 Å². The molecule has 0 aliphatic heterocycles. The number of pyridine rings is 2. The Morgan fingerprint density at radius 3 is 2.28 bits per heavy atom. The van der Waals surface area contributed by atoms with Gasteiger partial charge >= 0.3 is 0 Å². The van der Waals surface area contributed by atoms with Gasteiger partial charge in [0.2, 0.25) is 9.84 Å². The van der Waals surface area contributed by atoms with Crippen molar-refractivity contribution in [2.45, 2.75) is 17.0 Å². The first kappa shape index (κ1) is 16.8. The van der Waals surface area contributed by atoms with Crippen LogP contribution in [0.5, 0.6) is 0 Å². The van der Waals surface area contributed by atoms with Crippen LogP contribution in [0.4, 0.5) is 0 Å². The Morgan fingerprint density at radius 1 is 0.920 bits per heavy atom. The van der Waals surface area contributed by atoms with E-state index in [0.717, 1.165) is 11.1 Å². The second-order valence-corrected chi connectivity index (χ2v) is 7.20. The minimum atomic E-state index is -4.08. The molecule has 1 amide bonds. The molecule has 1 aromatic carbocycles. The lowest BCUT2D eigenvalue weighted by Crippen LogP contribution is -2.20. The predicted molar refractivity (Wildman–Crippen MR) is 92.6 cm³/mol. The molecule has 0 radical (unpaired) electrons. The summed E-state index contributed by atoms with van der Waals surface area (Å²) in [5.74, 6) is -0.860. The van der Waals surface area contributed by atoms with Crippen LogP contribution < -0.4 is 5.73 Å². The lowest BCUT2D eigenvalue weighted by Gasteiger charge is -2.13. The highest BCUT2D eigenvalue weighted by Crippen LogP contribution is 2.31. The molecule has 0 atom stereocenters. The lowest BCUT2D eigenvalue weighted by atomic mass is 9.97. The van der Waals surface area contributed by atoms with Crippen LogP contribution in [0, 0.1) is 6.92 Å². The Balaban J connectivity index is 2.32. The van der Waals surface area contributed by atoms with E-state index in [1.807, 2.05) is 19.1 Å². The normalized spacial score (nSPS) is 11.2. The van der Waals surface area contributed by atoms with Gasteiger partial charge in [-0.15, -0.1) is 0 Å². The maximum absolute atomic E-state index is 12.9. The molecule has 7 heteroatoms. The van der Waals surface area contributed by atoms with Gasteiger partial charge in [-0.3, -0.25) is 4.79 Å². The molecule has 0 bridgehead atoms. The van der Waals surface area contributed by atoms with Crippen molar-refractivity contribution in [1.82, 2.24) is 9.97 Å². The van der Waals surface area contributed by atoms with Crippen molar-refractivity contribution in [2.24, 2.45) is 5.73 Å². The van der Waals surface area contributed by atoms with E-state index >= 15 is 0 Å². The number of primary amides is 1. The average molecular weight is 353 g/mol. The molecule has 0 aliphatic rings. The first-order valence-electron chi connectivity index (χ1n) is 7.44. The zero-order valence-corrected chi connectivity index (χ0v) is 14.2. The van der Waals surface area contributed by atoms with Crippen LogP contribution in [0.25, 0.3) is 11.1 Å². The number of benzene rings is 1. The Hall–Kier alpha value is -3.06. The number of aromatic nitrogens is 2. The minimum Gasteiger partial charge on any atom is -0.365 e. The molecule has 2 N–H and O–H groups in total. The molecule has 0 saturated heterocycles. The van der Waals surface area contributed by atoms with Crippen LogP contribution >= 0.6 is 0 Å². The van der Waals surface area contributed by atoms with Crippen molar-refractivity contribution < 1.29 is 13.2 Å². The van der Waals surface area contributed by atoms with Crippen LogP contribution in [0.3, 0.4) is 0 Å².